The summed E-state index contributed by atoms with van der Waals surface area (Å²) in [6, 6.07) is 6.58. The van der Waals surface area contributed by atoms with Gasteiger partial charge in [0.05, 0.1) is 12.0 Å². The molecule has 128 valence electrons. The molecule has 1 saturated heterocycles. The first kappa shape index (κ1) is 17.2. The normalized spacial score (nSPS) is 21.2. The molecule has 1 fully saturated rings. The lowest BCUT2D eigenvalue weighted by atomic mass is 10.0. The van der Waals surface area contributed by atoms with E-state index in [1.807, 2.05) is 24.0 Å². The molecule has 1 aliphatic rings. The Morgan fingerprint density at radius 2 is 2.21 bits per heavy atom. The summed E-state index contributed by atoms with van der Waals surface area (Å²) in [5, 5.41) is 3.10. The minimum atomic E-state index is 0.0131. The molecule has 1 aromatic carbocycles. The van der Waals surface area contributed by atoms with Gasteiger partial charge in [-0.05, 0) is 24.1 Å². The maximum Gasteiger partial charge on any atom is 0.217 e. The Balaban J connectivity index is 1.77. The number of carbonyl (C=O) groups excluding carboxylic acids is 1. The van der Waals surface area contributed by atoms with Crippen LogP contribution in [0.2, 0.25) is 0 Å². The molecule has 1 N–H and O–H groups in total. The van der Waals surface area contributed by atoms with Gasteiger partial charge in [-0.1, -0.05) is 28.1 Å². The van der Waals surface area contributed by atoms with Crippen LogP contribution in [0.25, 0.3) is 0 Å². The van der Waals surface area contributed by atoms with Crippen molar-refractivity contribution in [3.8, 4) is 0 Å². The zero-order chi connectivity index (χ0) is 17.3. The molecule has 1 aliphatic heterocycles. The number of imidazole rings is 1. The molecule has 2 atom stereocenters. The average Bonchev–Trinajstić information content (AvgIpc) is 3.08. The number of aromatic nitrogens is 2. The third-order valence-electron chi connectivity index (χ3n) is 4.62. The number of aryl methyl sites for hydroxylation is 2. The molecule has 24 heavy (non-hydrogen) atoms. The minimum Gasteiger partial charge on any atom is -0.352 e. The summed E-state index contributed by atoms with van der Waals surface area (Å²) in [5.74, 6) is 1.25. The highest BCUT2D eigenvalue weighted by Crippen LogP contribution is 2.28. The highest BCUT2D eigenvalue weighted by atomic mass is 79.9. The SMILES string of the molecule is CC(=O)N[C@@H]1CN(Cc2ccc(C)c(Br)c2)C[C@H]1c1nccn1C. The van der Waals surface area contributed by atoms with Crippen molar-refractivity contribution in [2.75, 3.05) is 13.1 Å². The van der Waals surface area contributed by atoms with Crippen LogP contribution in [0.15, 0.2) is 35.1 Å². The van der Waals surface area contributed by atoms with Crippen molar-refractivity contribution >= 4 is 21.8 Å². The van der Waals surface area contributed by atoms with E-state index in [-0.39, 0.29) is 17.9 Å². The predicted molar refractivity (Wildman–Crippen MR) is 97.7 cm³/mol. The largest absolute Gasteiger partial charge is 0.352 e. The lowest BCUT2D eigenvalue weighted by Gasteiger charge is -2.18. The molecule has 2 aromatic rings. The molecule has 0 saturated carbocycles. The summed E-state index contributed by atoms with van der Waals surface area (Å²) in [5.41, 5.74) is 2.51. The zero-order valence-electron chi connectivity index (χ0n) is 14.3. The predicted octanol–water partition coefficient (Wildman–Crippen LogP) is 2.60. The van der Waals surface area contributed by atoms with Gasteiger partial charge in [-0.2, -0.15) is 0 Å². The van der Waals surface area contributed by atoms with Crippen molar-refractivity contribution in [1.82, 2.24) is 19.8 Å². The number of hydrogen-bond donors (Lipinski definition) is 1. The van der Waals surface area contributed by atoms with Crippen LogP contribution in [-0.4, -0.2) is 39.5 Å². The molecule has 2 heterocycles. The molecule has 3 rings (SSSR count). The van der Waals surface area contributed by atoms with E-state index >= 15 is 0 Å². The summed E-state index contributed by atoms with van der Waals surface area (Å²) >= 11 is 3.60. The van der Waals surface area contributed by atoms with E-state index in [1.54, 1.807) is 6.92 Å². The summed E-state index contributed by atoms with van der Waals surface area (Å²) in [4.78, 5) is 18.5. The second-order valence-electron chi connectivity index (χ2n) is 6.59. The monoisotopic (exact) mass is 390 g/mol. The maximum absolute atomic E-state index is 11.6. The maximum atomic E-state index is 11.6. The number of carbonyl (C=O) groups is 1. The summed E-state index contributed by atoms with van der Waals surface area (Å²) in [6.07, 6.45) is 3.78. The van der Waals surface area contributed by atoms with E-state index in [0.29, 0.717) is 0 Å². The fourth-order valence-corrected chi connectivity index (χ4v) is 3.84. The lowest BCUT2D eigenvalue weighted by Crippen LogP contribution is -2.39. The van der Waals surface area contributed by atoms with Gasteiger partial charge >= 0.3 is 0 Å². The van der Waals surface area contributed by atoms with Gasteiger partial charge in [-0.25, -0.2) is 4.98 Å². The Morgan fingerprint density at radius 3 is 2.83 bits per heavy atom. The van der Waals surface area contributed by atoms with Gasteiger partial charge in [0.25, 0.3) is 0 Å². The van der Waals surface area contributed by atoms with Crippen LogP contribution < -0.4 is 5.32 Å². The third kappa shape index (κ3) is 3.70. The first-order chi connectivity index (χ1) is 11.4. The molecule has 0 aliphatic carbocycles. The first-order valence-electron chi connectivity index (χ1n) is 8.15. The summed E-state index contributed by atoms with van der Waals surface area (Å²) in [7, 11) is 2.01. The van der Waals surface area contributed by atoms with E-state index in [2.05, 4.69) is 56.3 Å². The van der Waals surface area contributed by atoms with Crippen molar-refractivity contribution in [2.45, 2.75) is 32.4 Å². The zero-order valence-corrected chi connectivity index (χ0v) is 15.9. The van der Waals surface area contributed by atoms with Crippen LogP contribution in [0, 0.1) is 6.92 Å². The van der Waals surface area contributed by atoms with Crippen LogP contribution in [0.1, 0.15) is 29.8 Å². The van der Waals surface area contributed by atoms with Crippen molar-refractivity contribution in [1.29, 1.82) is 0 Å². The topological polar surface area (TPSA) is 50.2 Å². The lowest BCUT2D eigenvalue weighted by molar-refractivity contribution is -0.119. The summed E-state index contributed by atoms with van der Waals surface area (Å²) in [6.45, 7) is 6.27. The third-order valence-corrected chi connectivity index (χ3v) is 5.47. The molecule has 5 nitrogen and oxygen atoms in total. The standard InChI is InChI=1S/C18H23BrN4O/c1-12-4-5-14(8-16(12)19)9-23-10-15(17(11-23)21-13(2)24)18-20-6-7-22(18)3/h4-8,15,17H,9-11H2,1-3H3,(H,21,24)/t15-,17-/m1/s1. The Morgan fingerprint density at radius 1 is 1.42 bits per heavy atom. The number of hydrogen-bond acceptors (Lipinski definition) is 3. The molecule has 0 bridgehead atoms. The molecule has 6 heteroatoms. The smallest absolute Gasteiger partial charge is 0.217 e. The molecule has 0 spiro atoms. The number of halogens is 1. The number of nitrogens with zero attached hydrogens (tertiary/aromatic N) is 3. The van der Waals surface area contributed by atoms with Gasteiger partial charge in [0.2, 0.25) is 5.91 Å². The molecule has 0 radical (unpaired) electrons. The van der Waals surface area contributed by atoms with Crippen molar-refractivity contribution in [3.05, 3.63) is 52.0 Å². The molecule has 0 unspecified atom stereocenters. The highest BCUT2D eigenvalue weighted by Gasteiger charge is 2.36. The van der Waals surface area contributed by atoms with E-state index in [9.17, 15) is 4.79 Å². The number of benzene rings is 1. The van der Waals surface area contributed by atoms with Crippen LogP contribution in [-0.2, 0) is 18.4 Å². The second kappa shape index (κ2) is 7.07. The van der Waals surface area contributed by atoms with Gasteiger partial charge in [0.15, 0.2) is 0 Å². The van der Waals surface area contributed by atoms with E-state index < -0.39 is 0 Å². The fraction of sp³-hybridized carbons (Fsp3) is 0.444. The number of amides is 1. The summed E-state index contributed by atoms with van der Waals surface area (Å²) < 4.78 is 3.18. The Kier molecular flexibility index (Phi) is 5.06. The Hall–Kier alpha value is -1.66. The second-order valence-corrected chi connectivity index (χ2v) is 7.44. The van der Waals surface area contributed by atoms with Crippen LogP contribution in [0.4, 0.5) is 0 Å². The average molecular weight is 391 g/mol. The number of nitrogens with one attached hydrogen (secondary N) is 1. The minimum absolute atomic E-state index is 0.0131. The van der Waals surface area contributed by atoms with Crippen molar-refractivity contribution in [2.24, 2.45) is 7.05 Å². The van der Waals surface area contributed by atoms with E-state index in [1.165, 1.54) is 11.1 Å². The van der Waals surface area contributed by atoms with Crippen LogP contribution in [0.5, 0.6) is 0 Å². The first-order valence-corrected chi connectivity index (χ1v) is 8.95. The van der Waals surface area contributed by atoms with Gasteiger partial charge in [0, 0.05) is 50.5 Å². The molecular formula is C18H23BrN4O. The van der Waals surface area contributed by atoms with Gasteiger partial charge in [-0.3, -0.25) is 9.69 Å². The fourth-order valence-electron chi connectivity index (χ4n) is 3.41. The van der Waals surface area contributed by atoms with Gasteiger partial charge in [0.1, 0.15) is 5.82 Å². The van der Waals surface area contributed by atoms with Gasteiger partial charge in [-0.15, -0.1) is 0 Å². The molecule has 1 aromatic heterocycles. The van der Waals surface area contributed by atoms with Crippen molar-refractivity contribution < 1.29 is 4.79 Å². The van der Waals surface area contributed by atoms with Crippen molar-refractivity contribution in [3.63, 3.8) is 0 Å². The molecule has 1 amide bonds. The Labute approximate surface area is 151 Å². The molecular weight excluding hydrogens is 368 g/mol. The van der Waals surface area contributed by atoms with Crippen LogP contribution >= 0.6 is 15.9 Å². The van der Waals surface area contributed by atoms with E-state index in [4.69, 9.17) is 0 Å². The number of likely N-dealkylation sites (tertiary alicyclic amines) is 1. The highest BCUT2D eigenvalue weighted by molar-refractivity contribution is 9.10. The number of rotatable bonds is 4. The van der Waals surface area contributed by atoms with Crippen LogP contribution in [0.3, 0.4) is 0 Å². The Bertz CT molecular complexity index is 742. The van der Waals surface area contributed by atoms with E-state index in [0.717, 1.165) is 29.9 Å². The van der Waals surface area contributed by atoms with Gasteiger partial charge < -0.3 is 9.88 Å². The quantitative estimate of drug-likeness (QED) is 0.872.